The molecule has 0 aromatic heterocycles. The van der Waals surface area contributed by atoms with E-state index >= 15 is 0 Å². The standard InChI is InChI=1S/C17H9F7/c18-15(16(19,20)21,17(22,23)24)14-9-10-5-1-2-6-11(10)12-7-3-4-8-13(12)14/h1-9H. The molecular weight excluding hydrogens is 337 g/mol. The predicted molar refractivity (Wildman–Crippen MR) is 76.4 cm³/mol. The molecule has 7 heteroatoms. The Labute approximate surface area is 131 Å². The van der Waals surface area contributed by atoms with Gasteiger partial charge in [-0.15, -0.1) is 0 Å². The molecule has 3 rings (SSSR count). The lowest BCUT2D eigenvalue weighted by molar-refractivity contribution is -0.348. The Hall–Kier alpha value is -2.31. The van der Waals surface area contributed by atoms with Crippen LogP contribution < -0.4 is 0 Å². The Kier molecular flexibility index (Phi) is 3.51. The van der Waals surface area contributed by atoms with Crippen LogP contribution in [0.5, 0.6) is 0 Å². The molecular formula is C17H9F7. The van der Waals surface area contributed by atoms with Crippen LogP contribution in [0.1, 0.15) is 5.56 Å². The summed E-state index contributed by atoms with van der Waals surface area (Å²) >= 11 is 0. The predicted octanol–water partition coefficient (Wildman–Crippen LogP) is 6.28. The fraction of sp³-hybridized carbons (Fsp3) is 0.176. The fourth-order valence-corrected chi connectivity index (χ4v) is 2.81. The molecule has 0 amide bonds. The molecule has 0 radical (unpaired) electrons. The second kappa shape index (κ2) is 5.09. The van der Waals surface area contributed by atoms with Crippen LogP contribution in [0.4, 0.5) is 30.7 Å². The quantitative estimate of drug-likeness (QED) is 0.359. The molecule has 0 aliphatic carbocycles. The lowest BCUT2D eigenvalue weighted by Gasteiger charge is -2.31. The van der Waals surface area contributed by atoms with Crippen molar-refractivity contribution in [1.29, 1.82) is 0 Å². The second-order valence-corrected chi connectivity index (χ2v) is 5.34. The van der Waals surface area contributed by atoms with Crippen molar-refractivity contribution < 1.29 is 30.7 Å². The number of rotatable bonds is 1. The minimum absolute atomic E-state index is 0.0988. The minimum atomic E-state index is -6.14. The van der Waals surface area contributed by atoms with E-state index in [-0.39, 0.29) is 10.8 Å². The minimum Gasteiger partial charge on any atom is -0.218 e. The van der Waals surface area contributed by atoms with Gasteiger partial charge in [-0.25, -0.2) is 4.39 Å². The third-order valence-corrected chi connectivity index (χ3v) is 3.92. The van der Waals surface area contributed by atoms with E-state index in [0.29, 0.717) is 11.5 Å². The highest BCUT2D eigenvalue weighted by Gasteiger charge is 2.73. The number of hydrogen-bond donors (Lipinski definition) is 0. The molecule has 0 saturated carbocycles. The molecule has 24 heavy (non-hydrogen) atoms. The maximum Gasteiger partial charge on any atom is 0.435 e. The van der Waals surface area contributed by atoms with Gasteiger partial charge in [-0.2, -0.15) is 26.3 Å². The largest absolute Gasteiger partial charge is 0.435 e. The van der Waals surface area contributed by atoms with Gasteiger partial charge in [0.2, 0.25) is 0 Å². The van der Waals surface area contributed by atoms with E-state index in [1.54, 1.807) is 12.1 Å². The van der Waals surface area contributed by atoms with Gasteiger partial charge in [-0.05, 0) is 27.6 Å². The van der Waals surface area contributed by atoms with Gasteiger partial charge in [0.1, 0.15) is 0 Å². The van der Waals surface area contributed by atoms with E-state index in [1.807, 2.05) is 0 Å². The lowest BCUT2D eigenvalue weighted by Crippen LogP contribution is -2.50. The molecule has 0 spiro atoms. The lowest BCUT2D eigenvalue weighted by atomic mass is 9.87. The van der Waals surface area contributed by atoms with Crippen LogP contribution in [-0.2, 0) is 5.67 Å². The van der Waals surface area contributed by atoms with Crippen molar-refractivity contribution in [3.8, 4) is 0 Å². The highest BCUT2D eigenvalue weighted by atomic mass is 19.4. The highest BCUT2D eigenvalue weighted by Crippen LogP contribution is 2.55. The number of halogens is 7. The summed E-state index contributed by atoms with van der Waals surface area (Å²) in [5.41, 5.74) is -6.90. The topological polar surface area (TPSA) is 0 Å². The number of alkyl halides is 7. The third-order valence-electron chi connectivity index (χ3n) is 3.92. The fourth-order valence-electron chi connectivity index (χ4n) is 2.81. The molecule has 3 aromatic carbocycles. The molecule has 0 nitrogen and oxygen atoms in total. The zero-order chi connectivity index (χ0) is 17.8. The summed E-state index contributed by atoms with van der Waals surface area (Å²) < 4.78 is 93.3. The summed E-state index contributed by atoms with van der Waals surface area (Å²) in [5.74, 6) is 0. The van der Waals surface area contributed by atoms with Gasteiger partial charge >= 0.3 is 18.0 Å². The van der Waals surface area contributed by atoms with Gasteiger partial charge in [0.15, 0.2) is 0 Å². The Morgan fingerprint density at radius 2 is 1.00 bits per heavy atom. The Bertz CT molecular complexity index is 892. The summed E-state index contributed by atoms with van der Waals surface area (Å²) in [6, 6.07) is 11.8. The summed E-state index contributed by atoms with van der Waals surface area (Å²) in [4.78, 5) is 0. The third kappa shape index (κ3) is 2.22. The molecule has 3 aromatic rings. The van der Waals surface area contributed by atoms with Crippen LogP contribution in [0.3, 0.4) is 0 Å². The van der Waals surface area contributed by atoms with Gasteiger partial charge < -0.3 is 0 Å². The molecule has 0 N–H and O–H groups in total. The molecule has 0 bridgehead atoms. The number of hydrogen-bond acceptors (Lipinski definition) is 0. The van der Waals surface area contributed by atoms with E-state index in [0.717, 1.165) is 6.07 Å². The summed E-state index contributed by atoms with van der Waals surface area (Å²) in [7, 11) is 0. The van der Waals surface area contributed by atoms with Crippen LogP contribution in [-0.4, -0.2) is 12.4 Å². The number of benzene rings is 3. The summed E-state index contributed by atoms with van der Waals surface area (Å²) in [6.45, 7) is 0. The summed E-state index contributed by atoms with van der Waals surface area (Å²) in [5, 5.41) is 0.250. The van der Waals surface area contributed by atoms with Gasteiger partial charge in [-0.1, -0.05) is 48.5 Å². The van der Waals surface area contributed by atoms with E-state index in [2.05, 4.69) is 0 Å². The van der Waals surface area contributed by atoms with Crippen molar-refractivity contribution in [2.75, 3.05) is 0 Å². The Morgan fingerprint density at radius 3 is 1.54 bits per heavy atom. The molecule has 0 saturated heterocycles. The first kappa shape index (κ1) is 16.5. The van der Waals surface area contributed by atoms with E-state index in [9.17, 15) is 30.7 Å². The number of fused-ring (bicyclic) bond motifs is 3. The average molecular weight is 346 g/mol. The Morgan fingerprint density at radius 1 is 0.542 bits per heavy atom. The van der Waals surface area contributed by atoms with Crippen molar-refractivity contribution in [3.05, 3.63) is 60.2 Å². The van der Waals surface area contributed by atoms with Crippen LogP contribution >= 0.6 is 0 Å². The molecule has 0 fully saturated rings. The molecule has 0 aliphatic heterocycles. The van der Waals surface area contributed by atoms with Crippen molar-refractivity contribution in [1.82, 2.24) is 0 Å². The average Bonchev–Trinajstić information content (AvgIpc) is 2.51. The van der Waals surface area contributed by atoms with Gasteiger partial charge in [0.05, 0.1) is 0 Å². The van der Waals surface area contributed by atoms with Gasteiger partial charge in [-0.3, -0.25) is 0 Å². The SMILES string of the molecule is FC(F)(F)C(F)(c1cc2ccccc2c2ccccc12)C(F)(F)F. The maximum absolute atomic E-state index is 14.5. The maximum atomic E-state index is 14.5. The molecule has 126 valence electrons. The van der Waals surface area contributed by atoms with Crippen LogP contribution in [0.25, 0.3) is 21.5 Å². The zero-order valence-electron chi connectivity index (χ0n) is 11.8. The first-order valence-electron chi connectivity index (χ1n) is 6.80. The van der Waals surface area contributed by atoms with E-state index < -0.39 is 29.0 Å². The smallest absolute Gasteiger partial charge is 0.218 e. The Balaban J connectivity index is 2.52. The summed E-state index contributed by atoms with van der Waals surface area (Å²) in [6.07, 6.45) is -12.3. The van der Waals surface area contributed by atoms with Gasteiger partial charge in [0.25, 0.3) is 0 Å². The molecule has 0 unspecified atom stereocenters. The van der Waals surface area contributed by atoms with Crippen LogP contribution in [0.15, 0.2) is 54.6 Å². The normalized spacial score (nSPS) is 13.6. The van der Waals surface area contributed by atoms with Crippen molar-refractivity contribution >= 4 is 21.5 Å². The van der Waals surface area contributed by atoms with Crippen molar-refractivity contribution in [2.45, 2.75) is 18.0 Å². The van der Waals surface area contributed by atoms with Crippen molar-refractivity contribution in [3.63, 3.8) is 0 Å². The van der Waals surface area contributed by atoms with E-state index in [4.69, 9.17) is 0 Å². The van der Waals surface area contributed by atoms with E-state index in [1.165, 1.54) is 30.3 Å². The first-order chi connectivity index (χ1) is 11.1. The molecule has 0 aliphatic rings. The molecule has 0 heterocycles. The van der Waals surface area contributed by atoms with Crippen molar-refractivity contribution in [2.24, 2.45) is 0 Å². The van der Waals surface area contributed by atoms with Crippen LogP contribution in [0.2, 0.25) is 0 Å². The second-order valence-electron chi connectivity index (χ2n) is 5.34. The highest BCUT2D eigenvalue weighted by molar-refractivity contribution is 6.09. The first-order valence-corrected chi connectivity index (χ1v) is 6.80. The van der Waals surface area contributed by atoms with Crippen LogP contribution in [0, 0.1) is 0 Å². The van der Waals surface area contributed by atoms with Gasteiger partial charge in [0, 0.05) is 5.56 Å². The monoisotopic (exact) mass is 346 g/mol. The molecule has 0 atom stereocenters. The zero-order valence-corrected chi connectivity index (χ0v) is 11.8.